The number of nitrogens with one attached hydrogen (secondary N) is 1. The summed E-state index contributed by atoms with van der Waals surface area (Å²) in [6, 6.07) is 4.45. The minimum atomic E-state index is -0.503. The van der Waals surface area contributed by atoms with Gasteiger partial charge in [-0.25, -0.2) is 4.39 Å². The number of nitrogens with two attached hydrogens (primary N) is 1. The molecule has 0 bridgehead atoms. The lowest BCUT2D eigenvalue weighted by Gasteiger charge is -2.36. The molecule has 134 valence electrons. The maximum Gasteiger partial charge on any atom is 0.257 e. The van der Waals surface area contributed by atoms with Crippen molar-refractivity contribution in [2.45, 2.75) is 38.6 Å². The molecule has 2 amide bonds. The molecule has 2 rings (SSSR count). The van der Waals surface area contributed by atoms with Crippen molar-refractivity contribution in [1.82, 2.24) is 10.2 Å². The molecule has 1 aromatic rings. The van der Waals surface area contributed by atoms with Gasteiger partial charge >= 0.3 is 0 Å². The number of hydrogen-bond donors (Lipinski definition) is 2. The van der Waals surface area contributed by atoms with Gasteiger partial charge in [-0.1, -0.05) is 11.6 Å². The maximum absolute atomic E-state index is 14.0. The highest BCUT2D eigenvalue weighted by Gasteiger charge is 2.29. The normalized spacial score (nSPS) is 17.1. The van der Waals surface area contributed by atoms with Crippen LogP contribution in [0.3, 0.4) is 0 Å². The first-order valence-corrected chi connectivity index (χ1v) is 8.07. The van der Waals surface area contributed by atoms with Gasteiger partial charge in [0.1, 0.15) is 5.82 Å². The summed E-state index contributed by atoms with van der Waals surface area (Å²) in [6.07, 6.45) is 2.97. The lowest BCUT2D eigenvalue weighted by Crippen LogP contribution is -2.49. The van der Waals surface area contributed by atoms with E-state index in [4.69, 9.17) is 5.73 Å². The lowest BCUT2D eigenvalue weighted by molar-refractivity contribution is -0.121. The standard InChI is InChI=1S/C17H24FN3O2.ClH/c1-12-5-6-15(18)14(10-12)17(23)21-9-3-2-4-13(21)11-20-16(22)7-8-19;/h5-6,10,13H,2-4,7-9,11,19H2,1H3,(H,20,22);1H. The number of carbonyl (C=O) groups excluding carboxylic acids is 2. The van der Waals surface area contributed by atoms with Crippen LogP contribution in [0.2, 0.25) is 0 Å². The van der Waals surface area contributed by atoms with Gasteiger partial charge in [0.15, 0.2) is 0 Å². The molecule has 0 aromatic heterocycles. The molecule has 0 saturated carbocycles. The van der Waals surface area contributed by atoms with E-state index in [1.165, 1.54) is 6.07 Å². The zero-order valence-electron chi connectivity index (χ0n) is 13.9. The van der Waals surface area contributed by atoms with Gasteiger partial charge in [0.05, 0.1) is 5.56 Å². The number of piperidine rings is 1. The van der Waals surface area contributed by atoms with Gasteiger partial charge in [-0.15, -0.1) is 12.4 Å². The van der Waals surface area contributed by atoms with E-state index < -0.39 is 5.82 Å². The summed E-state index contributed by atoms with van der Waals surface area (Å²) in [6.45, 7) is 3.10. The van der Waals surface area contributed by atoms with Gasteiger partial charge in [-0.2, -0.15) is 0 Å². The molecule has 1 aliphatic rings. The summed E-state index contributed by atoms with van der Waals surface area (Å²) in [5, 5.41) is 2.81. The lowest BCUT2D eigenvalue weighted by atomic mass is 10.00. The Kier molecular flexibility index (Phi) is 8.15. The van der Waals surface area contributed by atoms with Gasteiger partial charge < -0.3 is 16.0 Å². The maximum atomic E-state index is 14.0. The third-order valence-electron chi connectivity index (χ3n) is 4.15. The van der Waals surface area contributed by atoms with Crippen LogP contribution in [0.15, 0.2) is 18.2 Å². The number of rotatable bonds is 5. The second kappa shape index (κ2) is 9.59. The van der Waals surface area contributed by atoms with Gasteiger partial charge in [0, 0.05) is 32.1 Å². The molecule has 1 unspecified atom stereocenters. The van der Waals surface area contributed by atoms with Crippen LogP contribution in [-0.4, -0.2) is 42.4 Å². The molecule has 0 spiro atoms. The third-order valence-corrected chi connectivity index (χ3v) is 4.15. The highest BCUT2D eigenvalue weighted by Crippen LogP contribution is 2.21. The van der Waals surface area contributed by atoms with E-state index in [1.54, 1.807) is 17.0 Å². The predicted molar refractivity (Wildman–Crippen MR) is 93.7 cm³/mol. The number of likely N-dealkylation sites (tertiary alicyclic amines) is 1. The molecule has 0 radical (unpaired) electrons. The summed E-state index contributed by atoms with van der Waals surface area (Å²) in [7, 11) is 0. The minimum absolute atomic E-state index is 0. The number of benzene rings is 1. The smallest absolute Gasteiger partial charge is 0.257 e. The van der Waals surface area contributed by atoms with E-state index in [9.17, 15) is 14.0 Å². The molecule has 1 heterocycles. The Labute approximate surface area is 148 Å². The van der Waals surface area contributed by atoms with Gasteiger partial charge in [0.25, 0.3) is 5.91 Å². The molecule has 1 fully saturated rings. The SMILES string of the molecule is Cc1ccc(F)c(C(=O)N2CCCCC2CNC(=O)CCN)c1.Cl. The van der Waals surface area contributed by atoms with Crippen molar-refractivity contribution in [2.75, 3.05) is 19.6 Å². The molecule has 7 heteroatoms. The Morgan fingerprint density at radius 2 is 2.12 bits per heavy atom. The van der Waals surface area contributed by atoms with E-state index >= 15 is 0 Å². The van der Waals surface area contributed by atoms with Crippen LogP contribution in [0.25, 0.3) is 0 Å². The zero-order chi connectivity index (χ0) is 16.8. The Balaban J connectivity index is 0.00000288. The monoisotopic (exact) mass is 357 g/mol. The highest BCUT2D eigenvalue weighted by atomic mass is 35.5. The van der Waals surface area contributed by atoms with Crippen LogP contribution in [0.1, 0.15) is 41.6 Å². The Morgan fingerprint density at radius 1 is 1.38 bits per heavy atom. The largest absolute Gasteiger partial charge is 0.354 e. The number of amides is 2. The van der Waals surface area contributed by atoms with Gasteiger partial charge in [-0.05, 0) is 38.3 Å². The number of hydrogen-bond acceptors (Lipinski definition) is 3. The number of halogens is 2. The number of nitrogens with zero attached hydrogens (tertiary/aromatic N) is 1. The Morgan fingerprint density at radius 3 is 2.83 bits per heavy atom. The molecular weight excluding hydrogens is 333 g/mol. The Bertz CT molecular complexity index is 583. The molecule has 1 aliphatic heterocycles. The molecular formula is C17H25ClFN3O2. The summed E-state index contributed by atoms with van der Waals surface area (Å²) < 4.78 is 14.0. The summed E-state index contributed by atoms with van der Waals surface area (Å²) in [5.74, 6) is -0.923. The van der Waals surface area contributed by atoms with Crippen molar-refractivity contribution in [2.24, 2.45) is 5.73 Å². The fraction of sp³-hybridized carbons (Fsp3) is 0.529. The average Bonchev–Trinajstić information content (AvgIpc) is 2.55. The third kappa shape index (κ3) is 5.18. The second-order valence-electron chi connectivity index (χ2n) is 5.97. The van der Waals surface area contributed by atoms with Crippen LogP contribution >= 0.6 is 12.4 Å². The van der Waals surface area contributed by atoms with Crippen LogP contribution in [-0.2, 0) is 4.79 Å². The van der Waals surface area contributed by atoms with Crippen molar-refractivity contribution >= 4 is 24.2 Å². The van der Waals surface area contributed by atoms with Crippen LogP contribution in [0.4, 0.5) is 4.39 Å². The molecule has 3 N–H and O–H groups in total. The topological polar surface area (TPSA) is 75.4 Å². The van der Waals surface area contributed by atoms with E-state index in [0.717, 1.165) is 24.8 Å². The fourth-order valence-corrected chi connectivity index (χ4v) is 2.89. The van der Waals surface area contributed by atoms with Crippen LogP contribution in [0.5, 0.6) is 0 Å². The van der Waals surface area contributed by atoms with Crippen LogP contribution in [0, 0.1) is 12.7 Å². The zero-order valence-corrected chi connectivity index (χ0v) is 14.7. The first-order valence-electron chi connectivity index (χ1n) is 8.07. The van der Waals surface area contributed by atoms with E-state index in [-0.39, 0.29) is 42.2 Å². The van der Waals surface area contributed by atoms with Crippen molar-refractivity contribution in [3.63, 3.8) is 0 Å². The summed E-state index contributed by atoms with van der Waals surface area (Å²) in [5.41, 5.74) is 6.30. The van der Waals surface area contributed by atoms with E-state index in [1.807, 2.05) is 6.92 Å². The average molecular weight is 358 g/mol. The highest BCUT2D eigenvalue weighted by molar-refractivity contribution is 5.95. The first-order chi connectivity index (χ1) is 11.0. The van der Waals surface area contributed by atoms with Crippen molar-refractivity contribution in [3.8, 4) is 0 Å². The Hall–Kier alpha value is -1.66. The van der Waals surface area contributed by atoms with Gasteiger partial charge in [-0.3, -0.25) is 9.59 Å². The predicted octanol–water partition coefficient (Wildman–Crippen LogP) is 2.02. The van der Waals surface area contributed by atoms with Crippen LogP contribution < -0.4 is 11.1 Å². The number of aryl methyl sites for hydroxylation is 1. The van der Waals surface area contributed by atoms with Crippen molar-refractivity contribution in [3.05, 3.63) is 35.1 Å². The second-order valence-corrected chi connectivity index (χ2v) is 5.97. The minimum Gasteiger partial charge on any atom is -0.354 e. The first kappa shape index (κ1) is 20.4. The fourth-order valence-electron chi connectivity index (χ4n) is 2.89. The summed E-state index contributed by atoms with van der Waals surface area (Å²) in [4.78, 5) is 26.0. The molecule has 1 atom stereocenters. The molecule has 5 nitrogen and oxygen atoms in total. The van der Waals surface area contributed by atoms with E-state index in [0.29, 0.717) is 19.6 Å². The molecule has 1 aromatic carbocycles. The van der Waals surface area contributed by atoms with Gasteiger partial charge in [0.2, 0.25) is 5.91 Å². The van der Waals surface area contributed by atoms with Crippen molar-refractivity contribution < 1.29 is 14.0 Å². The molecule has 0 aliphatic carbocycles. The molecule has 1 saturated heterocycles. The number of carbonyl (C=O) groups is 2. The van der Waals surface area contributed by atoms with Crippen molar-refractivity contribution in [1.29, 1.82) is 0 Å². The van der Waals surface area contributed by atoms with E-state index in [2.05, 4.69) is 5.32 Å². The summed E-state index contributed by atoms with van der Waals surface area (Å²) >= 11 is 0. The quantitative estimate of drug-likeness (QED) is 0.846. The molecule has 24 heavy (non-hydrogen) atoms.